The fourth-order valence-electron chi connectivity index (χ4n) is 2.09. The van der Waals surface area contributed by atoms with Gasteiger partial charge in [-0.25, -0.2) is 4.98 Å². The normalized spacial score (nSPS) is 14.7. The number of oxazole rings is 1. The molecule has 108 valence electrons. The van der Waals surface area contributed by atoms with E-state index in [1.54, 1.807) is 29.4 Å². The number of nitrogens with two attached hydrogens (primary N) is 1. The van der Waals surface area contributed by atoms with Crippen molar-refractivity contribution < 1.29 is 4.42 Å². The van der Waals surface area contributed by atoms with Gasteiger partial charge < -0.3 is 10.2 Å². The van der Waals surface area contributed by atoms with Crippen LogP contribution in [-0.2, 0) is 5.75 Å². The molecule has 0 atom stereocenters. The zero-order valence-corrected chi connectivity index (χ0v) is 12.7. The lowest BCUT2D eigenvalue weighted by atomic mass is 10.5. The summed E-state index contributed by atoms with van der Waals surface area (Å²) >= 11 is 3.21. The number of thiophene rings is 1. The third-order valence-electron chi connectivity index (χ3n) is 3.24. The molecule has 0 aromatic carbocycles. The Hall–Kier alpha value is -1.80. The first-order valence-corrected chi connectivity index (χ1v) is 8.49. The summed E-state index contributed by atoms with van der Waals surface area (Å²) in [6.45, 7) is 0. The predicted molar refractivity (Wildman–Crippen MR) is 82.1 cm³/mol. The average Bonchev–Trinajstić information content (AvgIpc) is 2.94. The highest BCUT2D eigenvalue weighted by Crippen LogP contribution is 2.39. The summed E-state index contributed by atoms with van der Waals surface area (Å²) in [7, 11) is 0. The molecule has 3 aromatic rings. The lowest BCUT2D eigenvalue weighted by molar-refractivity contribution is 0.575. The van der Waals surface area contributed by atoms with Gasteiger partial charge >= 0.3 is 0 Å². The summed E-state index contributed by atoms with van der Waals surface area (Å²) < 4.78 is 7.53. The van der Waals surface area contributed by atoms with Gasteiger partial charge in [0, 0.05) is 11.8 Å². The fraction of sp³-hybridized carbons (Fsp3) is 0.308. The monoisotopic (exact) mass is 319 g/mol. The Bertz CT molecular complexity index is 745. The largest absolute Gasteiger partial charge is 0.444 e. The van der Waals surface area contributed by atoms with Crippen LogP contribution in [0.15, 0.2) is 33.3 Å². The molecule has 21 heavy (non-hydrogen) atoms. The first kappa shape index (κ1) is 12.9. The molecule has 1 saturated carbocycles. The standard InChI is InChI=1S/C13H13N5OS2/c14-12-16-17-13(18(12)9-3-4-9)21-7-8-6-19-11(15-8)10-2-1-5-20-10/h1-2,5-6,9H,3-4,7H2,(H2,14,16). The van der Waals surface area contributed by atoms with E-state index >= 15 is 0 Å². The van der Waals surface area contributed by atoms with Crippen LogP contribution in [0.4, 0.5) is 5.95 Å². The predicted octanol–water partition coefficient (Wildman–Crippen LogP) is 3.20. The van der Waals surface area contributed by atoms with Crippen LogP contribution in [0.1, 0.15) is 24.6 Å². The van der Waals surface area contributed by atoms with Crippen LogP contribution >= 0.6 is 23.1 Å². The number of nitrogen functional groups attached to an aromatic ring is 1. The van der Waals surface area contributed by atoms with Crippen molar-refractivity contribution in [3.05, 3.63) is 29.5 Å². The molecule has 8 heteroatoms. The van der Waals surface area contributed by atoms with E-state index in [-0.39, 0.29) is 0 Å². The van der Waals surface area contributed by atoms with Gasteiger partial charge in [-0.05, 0) is 24.3 Å². The minimum Gasteiger partial charge on any atom is -0.444 e. The molecule has 0 amide bonds. The second-order valence-corrected chi connectivity index (χ2v) is 6.74. The van der Waals surface area contributed by atoms with E-state index in [1.165, 1.54) is 0 Å². The maximum atomic E-state index is 5.86. The Morgan fingerprint density at radius 3 is 3.10 bits per heavy atom. The minimum atomic E-state index is 0.474. The molecule has 0 bridgehead atoms. The lowest BCUT2D eigenvalue weighted by Gasteiger charge is -2.04. The van der Waals surface area contributed by atoms with Gasteiger partial charge in [-0.1, -0.05) is 17.8 Å². The minimum absolute atomic E-state index is 0.474. The van der Waals surface area contributed by atoms with Crippen LogP contribution in [0.5, 0.6) is 0 Å². The van der Waals surface area contributed by atoms with Gasteiger partial charge in [0.2, 0.25) is 11.8 Å². The van der Waals surface area contributed by atoms with Gasteiger partial charge in [-0.15, -0.1) is 21.5 Å². The molecule has 3 heterocycles. The zero-order chi connectivity index (χ0) is 14.2. The van der Waals surface area contributed by atoms with Crippen LogP contribution in [0.2, 0.25) is 0 Å². The quantitative estimate of drug-likeness (QED) is 0.727. The highest BCUT2D eigenvalue weighted by Gasteiger charge is 2.28. The van der Waals surface area contributed by atoms with Crippen molar-refractivity contribution in [2.45, 2.75) is 29.8 Å². The molecule has 3 aromatic heterocycles. The molecule has 0 unspecified atom stereocenters. The molecule has 4 rings (SSSR count). The van der Waals surface area contributed by atoms with E-state index in [0.29, 0.717) is 23.6 Å². The molecule has 6 nitrogen and oxygen atoms in total. The van der Waals surface area contributed by atoms with Gasteiger partial charge in [0.1, 0.15) is 6.26 Å². The Morgan fingerprint density at radius 2 is 2.33 bits per heavy atom. The highest BCUT2D eigenvalue weighted by molar-refractivity contribution is 7.98. The molecule has 1 aliphatic carbocycles. The van der Waals surface area contributed by atoms with Crippen LogP contribution < -0.4 is 5.73 Å². The van der Waals surface area contributed by atoms with Gasteiger partial charge in [0.15, 0.2) is 5.16 Å². The summed E-state index contributed by atoms with van der Waals surface area (Å²) in [5, 5.41) is 11.0. The number of anilines is 1. The van der Waals surface area contributed by atoms with Gasteiger partial charge in [-0.3, -0.25) is 4.57 Å². The highest BCUT2D eigenvalue weighted by atomic mass is 32.2. The molecule has 1 aliphatic rings. The zero-order valence-electron chi connectivity index (χ0n) is 11.1. The van der Waals surface area contributed by atoms with Gasteiger partial charge in [-0.2, -0.15) is 0 Å². The van der Waals surface area contributed by atoms with Crippen LogP contribution in [0, 0.1) is 0 Å². The SMILES string of the molecule is Nc1nnc(SCc2coc(-c3cccs3)n2)n1C1CC1. The maximum absolute atomic E-state index is 5.86. The third-order valence-corrected chi connectivity index (χ3v) is 5.07. The van der Waals surface area contributed by atoms with Crippen LogP contribution in [-0.4, -0.2) is 19.7 Å². The Kier molecular flexibility index (Phi) is 3.19. The van der Waals surface area contributed by atoms with E-state index in [4.69, 9.17) is 10.2 Å². The Morgan fingerprint density at radius 1 is 1.43 bits per heavy atom. The Balaban J connectivity index is 1.48. The number of hydrogen-bond acceptors (Lipinski definition) is 7. The first-order valence-electron chi connectivity index (χ1n) is 6.63. The van der Waals surface area contributed by atoms with Crippen molar-refractivity contribution in [2.24, 2.45) is 0 Å². The number of hydrogen-bond donors (Lipinski definition) is 1. The van der Waals surface area contributed by atoms with E-state index < -0.39 is 0 Å². The second kappa shape index (κ2) is 5.19. The van der Waals surface area contributed by atoms with Crippen molar-refractivity contribution >= 4 is 29.0 Å². The maximum Gasteiger partial charge on any atom is 0.236 e. The molecular formula is C13H13N5OS2. The molecule has 0 radical (unpaired) electrons. The first-order chi connectivity index (χ1) is 10.3. The van der Waals surface area contributed by atoms with Crippen molar-refractivity contribution in [1.82, 2.24) is 19.7 Å². The van der Waals surface area contributed by atoms with Crippen molar-refractivity contribution in [2.75, 3.05) is 5.73 Å². The summed E-state index contributed by atoms with van der Waals surface area (Å²) in [5.41, 5.74) is 6.76. The van der Waals surface area contributed by atoms with Crippen molar-refractivity contribution in [1.29, 1.82) is 0 Å². The molecule has 0 spiro atoms. The summed E-state index contributed by atoms with van der Waals surface area (Å²) in [4.78, 5) is 5.54. The van der Waals surface area contributed by atoms with E-state index in [9.17, 15) is 0 Å². The molecule has 0 saturated heterocycles. The second-order valence-electron chi connectivity index (χ2n) is 4.85. The number of rotatable bonds is 5. The van der Waals surface area contributed by atoms with E-state index in [2.05, 4.69) is 15.2 Å². The number of aromatic nitrogens is 4. The fourth-order valence-corrected chi connectivity index (χ4v) is 3.63. The van der Waals surface area contributed by atoms with Crippen LogP contribution in [0.25, 0.3) is 10.8 Å². The summed E-state index contributed by atoms with van der Waals surface area (Å²) in [6, 6.07) is 4.46. The molecule has 1 fully saturated rings. The summed E-state index contributed by atoms with van der Waals surface area (Å²) in [5.74, 6) is 1.86. The van der Waals surface area contributed by atoms with Crippen molar-refractivity contribution in [3.63, 3.8) is 0 Å². The van der Waals surface area contributed by atoms with Gasteiger partial charge in [0.25, 0.3) is 0 Å². The number of nitrogens with zero attached hydrogens (tertiary/aromatic N) is 4. The van der Waals surface area contributed by atoms with Gasteiger partial charge in [0.05, 0.1) is 10.6 Å². The van der Waals surface area contributed by atoms with E-state index in [1.807, 2.05) is 22.1 Å². The lowest BCUT2D eigenvalue weighted by Crippen LogP contribution is -2.02. The molecule has 0 aliphatic heterocycles. The number of thioether (sulfide) groups is 1. The average molecular weight is 319 g/mol. The molecular weight excluding hydrogens is 306 g/mol. The van der Waals surface area contributed by atoms with E-state index in [0.717, 1.165) is 28.6 Å². The van der Waals surface area contributed by atoms with Crippen LogP contribution in [0.3, 0.4) is 0 Å². The summed E-state index contributed by atoms with van der Waals surface area (Å²) in [6.07, 6.45) is 4.01. The van der Waals surface area contributed by atoms with Crippen molar-refractivity contribution in [3.8, 4) is 10.8 Å². The Labute approximate surface area is 129 Å². The molecule has 2 N–H and O–H groups in total. The topological polar surface area (TPSA) is 82.8 Å². The third kappa shape index (κ3) is 2.56. The smallest absolute Gasteiger partial charge is 0.236 e.